The highest BCUT2D eigenvalue weighted by Gasteiger charge is 2.03. The summed E-state index contributed by atoms with van der Waals surface area (Å²) >= 11 is 0. The fourth-order valence-electron chi connectivity index (χ4n) is 0.937. The van der Waals surface area contributed by atoms with Crippen LogP contribution in [0.4, 0.5) is 9.18 Å². The van der Waals surface area contributed by atoms with E-state index in [9.17, 15) is 9.18 Å². The quantitative estimate of drug-likeness (QED) is 0.748. The number of halogens is 1. The van der Waals surface area contributed by atoms with E-state index in [2.05, 4.69) is 5.32 Å². The van der Waals surface area contributed by atoms with E-state index in [1.54, 1.807) is 6.07 Å². The summed E-state index contributed by atoms with van der Waals surface area (Å²) in [6.07, 6.45) is -1.17. The minimum atomic E-state index is -1.17. The molecule has 0 aliphatic heterocycles. The van der Waals surface area contributed by atoms with Crippen molar-refractivity contribution in [2.45, 2.75) is 6.54 Å². The van der Waals surface area contributed by atoms with Crippen molar-refractivity contribution in [1.82, 2.24) is 5.32 Å². The zero-order valence-corrected chi connectivity index (χ0v) is 7.12. The molecular weight excluding hydrogens is 187 g/mol. The van der Waals surface area contributed by atoms with Gasteiger partial charge in [0.25, 0.3) is 0 Å². The molecule has 0 heterocycles. The van der Waals surface area contributed by atoms with Crippen LogP contribution in [0.1, 0.15) is 11.1 Å². The van der Waals surface area contributed by atoms with E-state index >= 15 is 0 Å². The lowest BCUT2D eigenvalue weighted by atomic mass is 10.1. The second kappa shape index (κ2) is 4.23. The van der Waals surface area contributed by atoms with Gasteiger partial charge in [-0.1, -0.05) is 6.07 Å². The Kier molecular flexibility index (Phi) is 3.02. The number of nitrogens with one attached hydrogen (secondary N) is 1. The fraction of sp³-hybridized carbons (Fsp3) is 0.111. The van der Waals surface area contributed by atoms with Crippen molar-refractivity contribution in [2.24, 2.45) is 0 Å². The molecule has 0 atom stereocenters. The molecule has 1 rings (SSSR count). The molecule has 0 aliphatic rings. The number of hydrogen-bond donors (Lipinski definition) is 2. The number of benzene rings is 1. The van der Waals surface area contributed by atoms with Gasteiger partial charge in [0.2, 0.25) is 0 Å². The minimum Gasteiger partial charge on any atom is -0.465 e. The van der Waals surface area contributed by atoms with Crippen LogP contribution in [0.25, 0.3) is 0 Å². The highest BCUT2D eigenvalue weighted by atomic mass is 19.1. The molecule has 0 saturated carbocycles. The summed E-state index contributed by atoms with van der Waals surface area (Å²) in [5, 5.41) is 18.8. The molecule has 0 saturated heterocycles. The van der Waals surface area contributed by atoms with Gasteiger partial charge in [0, 0.05) is 6.54 Å². The molecule has 0 spiro atoms. The summed E-state index contributed by atoms with van der Waals surface area (Å²) in [5.74, 6) is -0.641. The van der Waals surface area contributed by atoms with E-state index in [4.69, 9.17) is 10.4 Å². The standard InChI is InChI=1S/C9H7FN2O2/c10-8-3-6(5-12-9(13)14)1-2-7(8)4-11/h1-3,12H,5H2,(H,13,14). The van der Waals surface area contributed by atoms with Crippen molar-refractivity contribution in [3.8, 4) is 6.07 Å². The second-order valence-corrected chi connectivity index (χ2v) is 2.58. The summed E-state index contributed by atoms with van der Waals surface area (Å²) in [4.78, 5) is 10.1. The topological polar surface area (TPSA) is 73.1 Å². The van der Waals surface area contributed by atoms with Crippen LogP contribution in [0, 0.1) is 17.1 Å². The van der Waals surface area contributed by atoms with Crippen molar-refractivity contribution < 1.29 is 14.3 Å². The maximum Gasteiger partial charge on any atom is 0.404 e. The number of carbonyl (C=O) groups is 1. The molecule has 2 N–H and O–H groups in total. The lowest BCUT2D eigenvalue weighted by molar-refractivity contribution is 0.194. The third-order valence-corrected chi connectivity index (χ3v) is 1.60. The van der Waals surface area contributed by atoms with E-state index in [1.807, 2.05) is 0 Å². The Morgan fingerprint density at radius 3 is 2.86 bits per heavy atom. The highest BCUT2D eigenvalue weighted by molar-refractivity contribution is 5.64. The molecule has 4 nitrogen and oxygen atoms in total. The fourth-order valence-corrected chi connectivity index (χ4v) is 0.937. The normalized spacial score (nSPS) is 9.14. The number of carboxylic acid groups (broad SMARTS) is 1. The molecule has 72 valence electrons. The molecule has 1 aromatic carbocycles. The molecular formula is C9H7FN2O2. The third-order valence-electron chi connectivity index (χ3n) is 1.60. The average molecular weight is 194 g/mol. The van der Waals surface area contributed by atoms with Gasteiger partial charge < -0.3 is 10.4 Å². The predicted octanol–water partition coefficient (Wildman–Crippen LogP) is 1.46. The lowest BCUT2D eigenvalue weighted by Gasteiger charge is -2.01. The van der Waals surface area contributed by atoms with Crippen LogP contribution in [0.15, 0.2) is 18.2 Å². The van der Waals surface area contributed by atoms with Gasteiger partial charge in [-0.3, -0.25) is 0 Å². The minimum absolute atomic E-state index is 0.0258. The second-order valence-electron chi connectivity index (χ2n) is 2.58. The molecule has 0 unspecified atom stereocenters. The Labute approximate surface area is 79.6 Å². The van der Waals surface area contributed by atoms with Crippen LogP contribution in [-0.4, -0.2) is 11.2 Å². The molecule has 1 amide bonds. The van der Waals surface area contributed by atoms with Crippen molar-refractivity contribution in [2.75, 3.05) is 0 Å². The van der Waals surface area contributed by atoms with E-state index in [1.165, 1.54) is 12.1 Å². The van der Waals surface area contributed by atoms with Crippen LogP contribution in [-0.2, 0) is 6.54 Å². The first-order chi connectivity index (χ1) is 6.63. The van der Waals surface area contributed by atoms with Crippen molar-refractivity contribution in [1.29, 1.82) is 5.26 Å². The Morgan fingerprint density at radius 1 is 1.64 bits per heavy atom. The number of amides is 1. The van der Waals surface area contributed by atoms with Crippen LogP contribution in [0.5, 0.6) is 0 Å². The average Bonchev–Trinajstić information content (AvgIpc) is 2.15. The monoisotopic (exact) mass is 194 g/mol. The molecule has 0 radical (unpaired) electrons. The van der Waals surface area contributed by atoms with Crippen LogP contribution < -0.4 is 5.32 Å². The Hall–Kier alpha value is -2.09. The lowest BCUT2D eigenvalue weighted by Crippen LogP contribution is -2.19. The number of rotatable bonds is 2. The molecule has 5 heteroatoms. The van der Waals surface area contributed by atoms with Gasteiger partial charge in [-0.2, -0.15) is 5.26 Å². The molecule has 0 fully saturated rings. The number of nitrogens with zero attached hydrogens (tertiary/aromatic N) is 1. The summed E-state index contributed by atoms with van der Waals surface area (Å²) in [5.41, 5.74) is 0.424. The van der Waals surface area contributed by atoms with Gasteiger partial charge in [-0.25, -0.2) is 9.18 Å². The first-order valence-corrected chi connectivity index (χ1v) is 3.79. The smallest absolute Gasteiger partial charge is 0.404 e. The van der Waals surface area contributed by atoms with Crippen molar-refractivity contribution in [3.05, 3.63) is 35.1 Å². The maximum atomic E-state index is 13.0. The van der Waals surface area contributed by atoms with Gasteiger partial charge in [0.15, 0.2) is 0 Å². The van der Waals surface area contributed by atoms with Gasteiger partial charge in [0.1, 0.15) is 11.9 Å². The largest absolute Gasteiger partial charge is 0.465 e. The summed E-state index contributed by atoms with van der Waals surface area (Å²) in [7, 11) is 0. The zero-order chi connectivity index (χ0) is 10.6. The maximum absolute atomic E-state index is 13.0. The number of hydrogen-bond acceptors (Lipinski definition) is 2. The zero-order valence-electron chi connectivity index (χ0n) is 7.12. The van der Waals surface area contributed by atoms with Gasteiger partial charge in [-0.15, -0.1) is 0 Å². The SMILES string of the molecule is N#Cc1ccc(CNC(=O)O)cc1F. The number of nitriles is 1. The van der Waals surface area contributed by atoms with Crippen LogP contribution >= 0.6 is 0 Å². The van der Waals surface area contributed by atoms with Gasteiger partial charge in [-0.05, 0) is 17.7 Å². The molecule has 14 heavy (non-hydrogen) atoms. The molecule has 1 aromatic rings. The summed E-state index contributed by atoms with van der Waals surface area (Å²) in [6.45, 7) is 0.0258. The third kappa shape index (κ3) is 2.45. The summed E-state index contributed by atoms with van der Waals surface area (Å²) < 4.78 is 13.0. The molecule has 0 aromatic heterocycles. The van der Waals surface area contributed by atoms with E-state index in [0.29, 0.717) is 5.56 Å². The first-order valence-electron chi connectivity index (χ1n) is 3.79. The molecule has 0 aliphatic carbocycles. The predicted molar refractivity (Wildman–Crippen MR) is 46.0 cm³/mol. The molecule has 0 bridgehead atoms. The first kappa shape index (κ1) is 9.99. The van der Waals surface area contributed by atoms with E-state index in [0.717, 1.165) is 6.07 Å². The van der Waals surface area contributed by atoms with Gasteiger partial charge in [0.05, 0.1) is 5.56 Å². The summed E-state index contributed by atoms with van der Waals surface area (Å²) in [6, 6.07) is 5.62. The Balaban J connectivity index is 2.77. The Morgan fingerprint density at radius 2 is 2.36 bits per heavy atom. The van der Waals surface area contributed by atoms with Crippen molar-refractivity contribution in [3.63, 3.8) is 0 Å². The van der Waals surface area contributed by atoms with Crippen LogP contribution in [0.2, 0.25) is 0 Å². The van der Waals surface area contributed by atoms with E-state index < -0.39 is 11.9 Å². The highest BCUT2D eigenvalue weighted by Crippen LogP contribution is 2.08. The van der Waals surface area contributed by atoms with Crippen LogP contribution in [0.3, 0.4) is 0 Å². The Bertz CT molecular complexity index is 398. The van der Waals surface area contributed by atoms with E-state index in [-0.39, 0.29) is 12.1 Å². The van der Waals surface area contributed by atoms with Gasteiger partial charge >= 0.3 is 6.09 Å². The van der Waals surface area contributed by atoms with Crippen molar-refractivity contribution >= 4 is 6.09 Å².